The van der Waals surface area contributed by atoms with Crippen LogP contribution in [-0.4, -0.2) is 49.4 Å². The maximum atomic E-state index is 14.1. The van der Waals surface area contributed by atoms with Crippen molar-refractivity contribution in [1.29, 1.82) is 0 Å². The maximum Gasteiger partial charge on any atom is 0.469 e. The highest BCUT2D eigenvalue weighted by Crippen LogP contribution is 2.38. The predicted octanol–water partition coefficient (Wildman–Crippen LogP) is -1.45. The lowest BCUT2D eigenvalue weighted by Crippen LogP contribution is -2.36. The number of phosphoric acid groups is 1. The molecule has 0 aromatic carbocycles. The summed E-state index contributed by atoms with van der Waals surface area (Å²) in [5, 5.41) is 9.68. The van der Waals surface area contributed by atoms with Gasteiger partial charge in [-0.1, -0.05) is 0 Å². The first-order valence-corrected chi connectivity index (χ1v) is 7.63. The van der Waals surface area contributed by atoms with Gasteiger partial charge in [0.1, 0.15) is 12.2 Å². The lowest BCUT2D eigenvalue weighted by atomic mass is 10.1. The van der Waals surface area contributed by atoms with E-state index >= 15 is 0 Å². The van der Waals surface area contributed by atoms with Crippen molar-refractivity contribution in [3.8, 4) is 0 Å². The Hall–Kier alpha value is -1.36. The molecular formula is C10H14FN2O8P. The third kappa shape index (κ3) is 3.51. The SMILES string of the molecule is Cc1cn([C@@H]2O[C@H](COP(=O)(O)O)[C@H](O)[C@H]2F)c(=O)[nH]c1=O. The predicted molar refractivity (Wildman–Crippen MR) is 68.9 cm³/mol. The number of aromatic nitrogens is 2. The van der Waals surface area contributed by atoms with Crippen molar-refractivity contribution in [3.05, 3.63) is 32.6 Å². The number of alkyl halides is 1. The van der Waals surface area contributed by atoms with E-state index < -0.39 is 50.3 Å². The minimum Gasteiger partial charge on any atom is -0.387 e. The van der Waals surface area contributed by atoms with Crippen LogP contribution in [0.5, 0.6) is 0 Å². The molecule has 12 heteroatoms. The van der Waals surface area contributed by atoms with Gasteiger partial charge in [0.15, 0.2) is 12.4 Å². The van der Waals surface area contributed by atoms with Gasteiger partial charge < -0.3 is 19.6 Å². The number of aliphatic hydroxyl groups is 1. The zero-order chi connectivity index (χ0) is 16.7. The average Bonchev–Trinajstić information content (AvgIpc) is 2.68. The second-order valence-corrected chi connectivity index (χ2v) is 6.00. The van der Waals surface area contributed by atoms with Crippen LogP contribution in [0.3, 0.4) is 0 Å². The number of ether oxygens (including phenoxy) is 1. The number of H-pyrrole nitrogens is 1. The fourth-order valence-corrected chi connectivity index (χ4v) is 2.35. The molecule has 1 fully saturated rings. The summed E-state index contributed by atoms with van der Waals surface area (Å²) in [5.74, 6) is 0. The van der Waals surface area contributed by atoms with Crippen LogP contribution in [0.4, 0.5) is 4.39 Å². The molecule has 0 aliphatic carbocycles. The van der Waals surface area contributed by atoms with Crippen LogP contribution in [0.1, 0.15) is 11.8 Å². The Balaban J connectivity index is 2.23. The van der Waals surface area contributed by atoms with Gasteiger partial charge in [-0.15, -0.1) is 0 Å². The molecule has 0 amide bonds. The van der Waals surface area contributed by atoms with E-state index in [0.29, 0.717) is 0 Å². The Bertz CT molecular complexity index is 712. The van der Waals surface area contributed by atoms with Gasteiger partial charge in [-0.05, 0) is 6.92 Å². The van der Waals surface area contributed by atoms with E-state index in [1.54, 1.807) is 0 Å². The first-order chi connectivity index (χ1) is 10.1. The highest BCUT2D eigenvalue weighted by Gasteiger charge is 2.46. The van der Waals surface area contributed by atoms with Crippen molar-refractivity contribution in [2.75, 3.05) is 6.61 Å². The van der Waals surface area contributed by atoms with Crippen LogP contribution in [0.2, 0.25) is 0 Å². The first kappa shape index (κ1) is 17.0. The van der Waals surface area contributed by atoms with Gasteiger partial charge in [0.2, 0.25) is 0 Å². The van der Waals surface area contributed by atoms with E-state index in [4.69, 9.17) is 14.5 Å². The molecule has 1 aliphatic heterocycles. The van der Waals surface area contributed by atoms with Gasteiger partial charge >= 0.3 is 13.5 Å². The molecule has 0 saturated carbocycles. The van der Waals surface area contributed by atoms with Crippen molar-refractivity contribution in [3.63, 3.8) is 0 Å². The number of nitrogens with one attached hydrogen (secondary N) is 1. The third-order valence-corrected chi connectivity index (χ3v) is 3.61. The Morgan fingerprint density at radius 1 is 1.50 bits per heavy atom. The lowest BCUT2D eigenvalue weighted by Gasteiger charge is -2.16. The fraction of sp³-hybridized carbons (Fsp3) is 0.600. The molecular weight excluding hydrogens is 326 g/mol. The van der Waals surface area contributed by atoms with E-state index in [-0.39, 0.29) is 5.56 Å². The summed E-state index contributed by atoms with van der Waals surface area (Å²) in [6, 6.07) is 0. The number of phosphoric ester groups is 1. The summed E-state index contributed by atoms with van der Waals surface area (Å²) in [6.45, 7) is 0.626. The second-order valence-electron chi connectivity index (χ2n) is 4.77. The van der Waals surface area contributed by atoms with Crippen LogP contribution >= 0.6 is 7.82 Å². The molecule has 1 saturated heterocycles. The van der Waals surface area contributed by atoms with Crippen molar-refractivity contribution in [2.24, 2.45) is 0 Å². The number of hydrogen-bond donors (Lipinski definition) is 4. The molecule has 124 valence electrons. The lowest BCUT2D eigenvalue weighted by molar-refractivity contribution is -0.0484. The number of nitrogens with zero attached hydrogens (tertiary/aromatic N) is 1. The molecule has 4 N–H and O–H groups in total. The smallest absolute Gasteiger partial charge is 0.387 e. The molecule has 22 heavy (non-hydrogen) atoms. The number of aryl methyl sites for hydroxylation is 1. The van der Waals surface area contributed by atoms with Crippen LogP contribution in [0.15, 0.2) is 15.8 Å². The van der Waals surface area contributed by atoms with Crippen LogP contribution < -0.4 is 11.2 Å². The van der Waals surface area contributed by atoms with Gasteiger partial charge in [0, 0.05) is 11.8 Å². The van der Waals surface area contributed by atoms with E-state index in [1.807, 2.05) is 4.98 Å². The fourth-order valence-electron chi connectivity index (χ4n) is 2.01. The maximum absolute atomic E-state index is 14.1. The van der Waals surface area contributed by atoms with E-state index in [9.17, 15) is 23.7 Å². The van der Waals surface area contributed by atoms with E-state index in [0.717, 1.165) is 10.8 Å². The quantitative estimate of drug-likeness (QED) is 0.486. The Kier molecular flexibility index (Phi) is 4.66. The Labute approximate surface area is 122 Å². The van der Waals surface area contributed by atoms with E-state index in [1.165, 1.54) is 6.92 Å². The summed E-state index contributed by atoms with van der Waals surface area (Å²) in [6.07, 6.45) is -5.67. The zero-order valence-corrected chi connectivity index (χ0v) is 12.1. The molecule has 1 aromatic heterocycles. The zero-order valence-electron chi connectivity index (χ0n) is 11.2. The summed E-state index contributed by atoms with van der Waals surface area (Å²) in [7, 11) is -4.81. The van der Waals surface area contributed by atoms with Crippen molar-refractivity contribution in [2.45, 2.75) is 31.5 Å². The number of aliphatic hydroxyl groups excluding tert-OH is 1. The Morgan fingerprint density at radius 3 is 2.73 bits per heavy atom. The molecule has 1 aliphatic rings. The standard InChI is InChI=1S/C10H14FN2O8P/c1-4-2-13(10(16)12-8(4)15)9-6(11)7(14)5(21-9)3-20-22(17,18)19/h2,5-7,9,14H,3H2,1H3,(H,12,15,16)(H2,17,18,19)/t5-,6-,7+,9-/m1/s1. The highest BCUT2D eigenvalue weighted by atomic mass is 31.2. The molecule has 2 rings (SSSR count). The highest BCUT2D eigenvalue weighted by molar-refractivity contribution is 7.46. The molecule has 1 aromatic rings. The molecule has 0 bridgehead atoms. The van der Waals surface area contributed by atoms with Gasteiger partial charge in [-0.25, -0.2) is 13.8 Å². The third-order valence-electron chi connectivity index (χ3n) is 3.12. The monoisotopic (exact) mass is 340 g/mol. The topological polar surface area (TPSA) is 151 Å². The summed E-state index contributed by atoms with van der Waals surface area (Å²) in [5.41, 5.74) is -1.46. The van der Waals surface area contributed by atoms with Crippen molar-refractivity contribution >= 4 is 7.82 Å². The van der Waals surface area contributed by atoms with Gasteiger partial charge in [-0.3, -0.25) is 18.9 Å². The second kappa shape index (κ2) is 6.03. The minimum atomic E-state index is -4.81. The van der Waals surface area contributed by atoms with Gasteiger partial charge in [-0.2, -0.15) is 0 Å². The average molecular weight is 340 g/mol. The Morgan fingerprint density at radius 2 is 2.14 bits per heavy atom. The largest absolute Gasteiger partial charge is 0.469 e. The normalized spacial score (nSPS) is 29.0. The summed E-state index contributed by atoms with van der Waals surface area (Å²) < 4.78 is 34.7. The van der Waals surface area contributed by atoms with Crippen LogP contribution in [0, 0.1) is 6.92 Å². The van der Waals surface area contributed by atoms with Gasteiger partial charge in [0.25, 0.3) is 5.56 Å². The first-order valence-electron chi connectivity index (χ1n) is 6.10. The number of hydrogen-bond acceptors (Lipinski definition) is 6. The number of rotatable bonds is 4. The van der Waals surface area contributed by atoms with E-state index in [2.05, 4.69) is 4.52 Å². The molecule has 2 heterocycles. The van der Waals surface area contributed by atoms with Crippen LogP contribution in [-0.2, 0) is 13.8 Å². The minimum absolute atomic E-state index is 0.125. The number of aromatic amines is 1. The molecule has 10 nitrogen and oxygen atoms in total. The van der Waals surface area contributed by atoms with Crippen molar-refractivity contribution < 1.29 is 33.1 Å². The number of halogens is 1. The molecule has 0 unspecified atom stereocenters. The summed E-state index contributed by atoms with van der Waals surface area (Å²) >= 11 is 0. The molecule has 4 atom stereocenters. The van der Waals surface area contributed by atoms with Crippen molar-refractivity contribution in [1.82, 2.24) is 9.55 Å². The summed E-state index contributed by atoms with van der Waals surface area (Å²) in [4.78, 5) is 42.1. The molecule has 0 radical (unpaired) electrons. The molecule has 0 spiro atoms. The van der Waals surface area contributed by atoms with Crippen LogP contribution in [0.25, 0.3) is 0 Å². The van der Waals surface area contributed by atoms with Gasteiger partial charge in [0.05, 0.1) is 6.61 Å².